The average Bonchev–Trinajstić information content (AvgIpc) is 2.78. The Morgan fingerprint density at radius 3 is 2.91 bits per heavy atom. The predicted octanol–water partition coefficient (Wildman–Crippen LogP) is 1.97. The van der Waals surface area contributed by atoms with Crippen LogP contribution in [0.25, 0.3) is 0 Å². The van der Waals surface area contributed by atoms with E-state index in [2.05, 4.69) is 24.7 Å². The molecule has 5 N–H and O–H groups in total. The van der Waals surface area contributed by atoms with Crippen LogP contribution in [0.3, 0.4) is 0 Å². The first kappa shape index (κ1) is 23.0. The molecule has 0 bridgehead atoms. The second-order valence-corrected chi connectivity index (χ2v) is 9.48. The van der Waals surface area contributed by atoms with E-state index in [1.165, 1.54) is 0 Å². The zero-order valence-corrected chi connectivity index (χ0v) is 19.4. The van der Waals surface area contributed by atoms with E-state index in [0.29, 0.717) is 28.4 Å². The van der Waals surface area contributed by atoms with Gasteiger partial charge in [-0.2, -0.15) is 4.40 Å². The monoisotopic (exact) mass is 472 g/mol. The maximum Gasteiger partial charge on any atom is 0.252 e. The number of carbonyl (C=O) groups is 1. The van der Waals surface area contributed by atoms with Crippen molar-refractivity contribution in [2.75, 3.05) is 29.9 Å². The smallest absolute Gasteiger partial charge is 0.252 e. The fraction of sp³-hybridized carbons (Fsp3) is 0.409. The minimum absolute atomic E-state index is 0.140. The quantitative estimate of drug-likeness (QED) is 0.483. The number of hydrogen-bond donors (Lipinski definition) is 4. The SMILES string of the molecule is CC(C)(COc1cccc2c1C(N)=NS(=O)N2)NC(=O)c1ccnc(NC2CCOCC2)c1. The molecular weight excluding hydrogens is 444 g/mol. The first-order valence-corrected chi connectivity index (χ1v) is 11.8. The predicted molar refractivity (Wildman–Crippen MR) is 128 cm³/mol. The van der Waals surface area contributed by atoms with Crippen molar-refractivity contribution in [1.29, 1.82) is 0 Å². The molecule has 3 heterocycles. The molecule has 1 amide bonds. The number of amides is 1. The van der Waals surface area contributed by atoms with Crippen molar-refractivity contribution in [2.24, 2.45) is 10.1 Å². The molecule has 1 aromatic carbocycles. The zero-order chi connectivity index (χ0) is 23.4. The number of nitrogens with one attached hydrogen (secondary N) is 3. The lowest BCUT2D eigenvalue weighted by Crippen LogP contribution is -2.48. The van der Waals surface area contributed by atoms with Crippen LogP contribution < -0.4 is 25.8 Å². The fourth-order valence-corrected chi connectivity index (χ4v) is 4.30. The number of ether oxygens (including phenoxy) is 2. The summed E-state index contributed by atoms with van der Waals surface area (Å²) in [5.74, 6) is 1.07. The maximum absolute atomic E-state index is 12.9. The van der Waals surface area contributed by atoms with Gasteiger partial charge in [-0.25, -0.2) is 9.19 Å². The number of hydrogen-bond acceptors (Lipinski definition) is 7. The third kappa shape index (κ3) is 5.79. The highest BCUT2D eigenvalue weighted by Crippen LogP contribution is 2.30. The van der Waals surface area contributed by atoms with Crippen molar-refractivity contribution < 1.29 is 18.5 Å². The van der Waals surface area contributed by atoms with Crippen LogP contribution in [0.2, 0.25) is 0 Å². The molecule has 2 aliphatic heterocycles. The summed E-state index contributed by atoms with van der Waals surface area (Å²) in [6, 6.07) is 8.99. The van der Waals surface area contributed by atoms with Gasteiger partial charge in [-0.05, 0) is 51.0 Å². The zero-order valence-electron chi connectivity index (χ0n) is 18.6. The number of rotatable bonds is 7. The summed E-state index contributed by atoms with van der Waals surface area (Å²) < 4.78 is 29.7. The van der Waals surface area contributed by atoms with Gasteiger partial charge in [0, 0.05) is 31.0 Å². The van der Waals surface area contributed by atoms with Gasteiger partial charge in [-0.15, -0.1) is 0 Å². The van der Waals surface area contributed by atoms with Crippen LogP contribution in [0.15, 0.2) is 40.9 Å². The number of aromatic nitrogens is 1. The number of amidine groups is 1. The second kappa shape index (κ2) is 9.75. The van der Waals surface area contributed by atoms with Crippen LogP contribution in [0, 0.1) is 0 Å². The number of fused-ring (bicyclic) bond motifs is 1. The lowest BCUT2D eigenvalue weighted by molar-refractivity contribution is 0.0879. The molecule has 176 valence electrons. The van der Waals surface area contributed by atoms with Crippen molar-refractivity contribution in [3.63, 3.8) is 0 Å². The summed E-state index contributed by atoms with van der Waals surface area (Å²) >= 11 is -1.61. The minimum Gasteiger partial charge on any atom is -0.490 e. The number of carbonyl (C=O) groups excluding carboxylic acids is 1. The van der Waals surface area contributed by atoms with Crippen molar-refractivity contribution in [3.05, 3.63) is 47.7 Å². The van der Waals surface area contributed by atoms with E-state index in [-0.39, 0.29) is 24.4 Å². The van der Waals surface area contributed by atoms with E-state index in [1.54, 1.807) is 36.5 Å². The van der Waals surface area contributed by atoms with Crippen LogP contribution in [0.5, 0.6) is 5.75 Å². The number of nitrogens with zero attached hydrogens (tertiary/aromatic N) is 2. The van der Waals surface area contributed by atoms with E-state index < -0.39 is 16.7 Å². The van der Waals surface area contributed by atoms with Gasteiger partial charge in [0.25, 0.3) is 5.91 Å². The number of benzene rings is 1. The Morgan fingerprint density at radius 1 is 1.33 bits per heavy atom. The van der Waals surface area contributed by atoms with Gasteiger partial charge in [0.1, 0.15) is 24.0 Å². The molecule has 1 aromatic heterocycles. The van der Waals surface area contributed by atoms with Gasteiger partial charge in [0.15, 0.2) is 0 Å². The standard InChI is InChI=1S/C22H28N6O4S/c1-22(2,13-32-17-5-3-4-16-19(17)20(23)28-33(30)27-16)26-21(29)14-6-9-24-18(12-14)25-15-7-10-31-11-8-15/h3-6,9,12,15,27H,7-8,10-11,13H2,1-2H3,(H2,23,28)(H,24,25)(H,26,29). The van der Waals surface area contributed by atoms with Crippen LogP contribution in [-0.4, -0.2) is 52.3 Å². The third-order valence-corrected chi connectivity index (χ3v) is 6.05. The Hall–Kier alpha value is -3.18. The van der Waals surface area contributed by atoms with Crippen molar-refractivity contribution in [3.8, 4) is 5.75 Å². The molecule has 0 radical (unpaired) electrons. The van der Waals surface area contributed by atoms with E-state index >= 15 is 0 Å². The highest BCUT2D eigenvalue weighted by Gasteiger charge is 2.25. The molecule has 11 heteroatoms. The Morgan fingerprint density at radius 2 is 2.12 bits per heavy atom. The fourth-order valence-electron chi connectivity index (χ4n) is 3.63. The van der Waals surface area contributed by atoms with Crippen LogP contribution in [-0.2, 0) is 15.9 Å². The molecule has 1 saturated heterocycles. The second-order valence-electron chi connectivity index (χ2n) is 8.59. The molecule has 0 spiro atoms. The summed E-state index contributed by atoms with van der Waals surface area (Å²) in [5.41, 5.74) is 6.92. The normalized spacial score (nSPS) is 18.5. The van der Waals surface area contributed by atoms with Crippen LogP contribution >= 0.6 is 0 Å². The molecule has 4 rings (SSSR count). The minimum atomic E-state index is -1.61. The lowest BCUT2D eigenvalue weighted by Gasteiger charge is -2.28. The van der Waals surface area contributed by atoms with Crippen molar-refractivity contribution in [2.45, 2.75) is 38.3 Å². The Labute approximate surface area is 195 Å². The Balaban J connectivity index is 1.39. The van der Waals surface area contributed by atoms with E-state index in [9.17, 15) is 9.00 Å². The van der Waals surface area contributed by atoms with Gasteiger partial charge < -0.3 is 25.8 Å². The molecule has 2 aromatic rings. The molecule has 1 atom stereocenters. The van der Waals surface area contributed by atoms with E-state index in [0.717, 1.165) is 26.1 Å². The molecule has 1 fully saturated rings. The molecule has 10 nitrogen and oxygen atoms in total. The Bertz CT molecular complexity index is 1080. The summed E-state index contributed by atoms with van der Waals surface area (Å²) in [6.07, 6.45) is 3.44. The summed E-state index contributed by atoms with van der Waals surface area (Å²) in [5, 5.41) is 6.38. The van der Waals surface area contributed by atoms with Gasteiger partial charge in [-0.3, -0.25) is 9.52 Å². The molecular formula is C22H28N6O4S. The third-order valence-electron chi connectivity index (χ3n) is 5.30. The maximum atomic E-state index is 12.9. The van der Waals surface area contributed by atoms with Gasteiger partial charge in [0.2, 0.25) is 11.2 Å². The van der Waals surface area contributed by atoms with Gasteiger partial charge in [0.05, 0.1) is 16.8 Å². The highest BCUT2D eigenvalue weighted by molar-refractivity contribution is 7.85. The van der Waals surface area contributed by atoms with Crippen molar-refractivity contribution >= 4 is 34.4 Å². The lowest BCUT2D eigenvalue weighted by atomic mass is 10.1. The largest absolute Gasteiger partial charge is 0.490 e. The summed E-state index contributed by atoms with van der Waals surface area (Å²) in [7, 11) is 0. The van der Waals surface area contributed by atoms with Crippen LogP contribution in [0.1, 0.15) is 42.6 Å². The van der Waals surface area contributed by atoms with E-state index in [4.69, 9.17) is 15.2 Å². The Kier molecular flexibility index (Phi) is 6.80. The average molecular weight is 473 g/mol. The number of anilines is 2. The highest BCUT2D eigenvalue weighted by atomic mass is 32.2. The molecule has 0 saturated carbocycles. The molecule has 1 unspecified atom stereocenters. The number of nitrogens with two attached hydrogens (primary N) is 1. The molecule has 0 aliphatic carbocycles. The molecule has 2 aliphatic rings. The van der Waals surface area contributed by atoms with Crippen LogP contribution in [0.4, 0.5) is 11.5 Å². The molecule has 33 heavy (non-hydrogen) atoms. The van der Waals surface area contributed by atoms with Gasteiger partial charge in [-0.1, -0.05) is 6.07 Å². The summed E-state index contributed by atoms with van der Waals surface area (Å²) in [4.78, 5) is 17.2. The summed E-state index contributed by atoms with van der Waals surface area (Å²) in [6.45, 7) is 5.37. The first-order chi connectivity index (χ1) is 15.8. The van der Waals surface area contributed by atoms with Crippen molar-refractivity contribution in [1.82, 2.24) is 10.3 Å². The first-order valence-electron chi connectivity index (χ1n) is 10.7. The topological polar surface area (TPSA) is 140 Å². The van der Waals surface area contributed by atoms with Gasteiger partial charge >= 0.3 is 0 Å². The van der Waals surface area contributed by atoms with E-state index in [1.807, 2.05) is 13.8 Å². The number of pyridine rings is 1.